The minimum absolute atomic E-state index is 0.0914. The van der Waals surface area contributed by atoms with Crippen molar-refractivity contribution in [2.24, 2.45) is 4.99 Å². The lowest BCUT2D eigenvalue weighted by Gasteiger charge is -2.28. The summed E-state index contributed by atoms with van der Waals surface area (Å²) in [6, 6.07) is -0.131. The van der Waals surface area contributed by atoms with Gasteiger partial charge in [-0.05, 0) is 47.2 Å². The van der Waals surface area contributed by atoms with Gasteiger partial charge in [-0.1, -0.05) is 0 Å². The second-order valence-electron chi connectivity index (χ2n) is 5.52. The van der Waals surface area contributed by atoms with E-state index in [-0.39, 0.29) is 17.9 Å². The molecule has 0 spiro atoms. The van der Waals surface area contributed by atoms with Gasteiger partial charge in [-0.25, -0.2) is 0 Å². The van der Waals surface area contributed by atoms with E-state index in [1.54, 1.807) is 27.8 Å². The Bertz CT molecular complexity index is 390. The minimum atomic E-state index is -0.952. The molecule has 0 aromatic heterocycles. The normalized spacial score (nSPS) is 21.3. The molecule has 0 aromatic carbocycles. The van der Waals surface area contributed by atoms with E-state index in [1.165, 1.54) is 0 Å². The molecule has 1 aliphatic heterocycles. The van der Waals surface area contributed by atoms with E-state index >= 15 is 0 Å². The van der Waals surface area contributed by atoms with Crippen molar-refractivity contribution in [1.29, 1.82) is 0 Å². The van der Waals surface area contributed by atoms with Crippen molar-refractivity contribution < 1.29 is 9.59 Å². The molecule has 1 saturated heterocycles. The Labute approximate surface area is 114 Å². The third-order valence-corrected chi connectivity index (χ3v) is 3.46. The lowest BCUT2D eigenvalue weighted by atomic mass is 10.0. The van der Waals surface area contributed by atoms with Gasteiger partial charge in [0.2, 0.25) is 11.8 Å². The molecule has 1 heterocycles. The van der Waals surface area contributed by atoms with Gasteiger partial charge < -0.3 is 10.6 Å². The molecule has 0 bridgehead atoms. The first-order valence-corrected chi connectivity index (χ1v) is 6.55. The first-order chi connectivity index (χ1) is 8.77. The van der Waals surface area contributed by atoms with E-state index in [1.807, 2.05) is 11.9 Å². The van der Waals surface area contributed by atoms with Gasteiger partial charge in [-0.15, -0.1) is 0 Å². The lowest BCUT2D eigenvalue weighted by Crippen LogP contribution is -2.58. The molecule has 0 radical (unpaired) electrons. The van der Waals surface area contributed by atoms with E-state index in [9.17, 15) is 9.59 Å². The van der Waals surface area contributed by atoms with Gasteiger partial charge in [0.25, 0.3) is 0 Å². The number of hydrogen-bond acceptors (Lipinski definition) is 4. The van der Waals surface area contributed by atoms with Gasteiger partial charge in [-0.3, -0.25) is 19.5 Å². The summed E-state index contributed by atoms with van der Waals surface area (Å²) < 4.78 is 0. The fourth-order valence-corrected chi connectivity index (χ4v) is 2.07. The maximum Gasteiger partial charge on any atom is 0.250 e. The Kier molecular flexibility index (Phi) is 5.05. The Morgan fingerprint density at radius 3 is 2.47 bits per heavy atom. The van der Waals surface area contributed by atoms with Gasteiger partial charge in [0.15, 0.2) is 0 Å². The summed E-state index contributed by atoms with van der Waals surface area (Å²) in [5.41, 5.74) is -0.952. The molecule has 6 nitrogen and oxygen atoms in total. The smallest absolute Gasteiger partial charge is 0.250 e. The second-order valence-corrected chi connectivity index (χ2v) is 5.52. The van der Waals surface area contributed by atoms with E-state index < -0.39 is 5.54 Å². The molecule has 1 fully saturated rings. The summed E-state index contributed by atoms with van der Waals surface area (Å²) in [4.78, 5) is 30.1. The van der Waals surface area contributed by atoms with Gasteiger partial charge in [0, 0.05) is 7.05 Å². The van der Waals surface area contributed by atoms with Crippen LogP contribution in [-0.2, 0) is 9.59 Å². The van der Waals surface area contributed by atoms with E-state index in [4.69, 9.17) is 0 Å². The molecule has 6 heteroatoms. The van der Waals surface area contributed by atoms with Crippen molar-refractivity contribution in [3.8, 4) is 0 Å². The molecule has 1 unspecified atom stereocenters. The minimum Gasteiger partial charge on any atom is -0.341 e. The van der Waals surface area contributed by atoms with Gasteiger partial charge >= 0.3 is 0 Å². The maximum atomic E-state index is 12.2. The van der Waals surface area contributed by atoms with Crippen LogP contribution in [0.15, 0.2) is 4.99 Å². The summed E-state index contributed by atoms with van der Waals surface area (Å²) >= 11 is 0. The van der Waals surface area contributed by atoms with Crippen molar-refractivity contribution >= 4 is 17.6 Å². The largest absolute Gasteiger partial charge is 0.341 e. The van der Waals surface area contributed by atoms with Crippen molar-refractivity contribution in [2.45, 2.75) is 45.2 Å². The zero-order valence-corrected chi connectivity index (χ0v) is 12.4. The number of amidine groups is 1. The molecule has 0 saturated carbocycles. The third-order valence-electron chi connectivity index (χ3n) is 3.46. The fourth-order valence-electron chi connectivity index (χ4n) is 2.07. The second kappa shape index (κ2) is 6.14. The van der Waals surface area contributed by atoms with Crippen molar-refractivity contribution in [3.05, 3.63) is 0 Å². The number of amides is 2. The lowest BCUT2D eigenvalue weighted by molar-refractivity contribution is -0.133. The highest BCUT2D eigenvalue weighted by Gasteiger charge is 2.35. The number of aliphatic imine (C=N–C) groups is 1. The van der Waals surface area contributed by atoms with Crippen molar-refractivity contribution in [2.75, 3.05) is 20.6 Å². The molecule has 2 N–H and O–H groups in total. The number of carbonyl (C=O) groups is 2. The predicted octanol–water partition coefficient (Wildman–Crippen LogP) is 0.140. The number of rotatable bonds is 3. The molecule has 19 heavy (non-hydrogen) atoms. The van der Waals surface area contributed by atoms with Crippen molar-refractivity contribution in [1.82, 2.24) is 15.5 Å². The summed E-state index contributed by atoms with van der Waals surface area (Å²) in [6.07, 6.45) is 1.86. The van der Waals surface area contributed by atoms with Gasteiger partial charge in [0.05, 0.1) is 11.9 Å². The fraction of sp³-hybridized carbons (Fsp3) is 0.769. The summed E-state index contributed by atoms with van der Waals surface area (Å²) in [5.74, 6) is 0.182. The van der Waals surface area contributed by atoms with Crippen LogP contribution in [-0.4, -0.2) is 54.8 Å². The van der Waals surface area contributed by atoms with Crippen LogP contribution in [0.4, 0.5) is 0 Å². The molecular formula is C13H24N4O2. The first kappa shape index (κ1) is 15.6. The average molecular weight is 268 g/mol. The molecule has 2 amide bonds. The highest BCUT2D eigenvalue weighted by molar-refractivity contribution is 6.02. The third kappa shape index (κ3) is 4.02. The van der Waals surface area contributed by atoms with Crippen molar-refractivity contribution in [3.63, 3.8) is 0 Å². The Balaban J connectivity index is 2.63. The first-order valence-electron chi connectivity index (χ1n) is 6.55. The highest BCUT2D eigenvalue weighted by Crippen LogP contribution is 2.16. The van der Waals surface area contributed by atoms with E-state index in [2.05, 4.69) is 15.6 Å². The zero-order valence-electron chi connectivity index (χ0n) is 12.4. The predicted molar refractivity (Wildman–Crippen MR) is 75.0 cm³/mol. The highest BCUT2D eigenvalue weighted by atomic mass is 16.2. The zero-order chi connectivity index (χ0) is 14.6. The quantitative estimate of drug-likeness (QED) is 0.565. The Hall–Kier alpha value is -1.43. The van der Waals surface area contributed by atoms with Crippen LogP contribution in [0.25, 0.3) is 0 Å². The standard InChI is InChI=1S/C13H24N4O2/c1-9(14-4)15-12(19)13(2,3)16-11(18)10-7-6-8-17(10)5/h10H,6-8H2,1-5H3,(H,16,18)(H,14,15,19). The SMILES string of the molecule is CN=C(C)NC(=O)C(C)(C)NC(=O)C1CCCN1C. The van der Waals surface area contributed by atoms with Crippen LogP contribution >= 0.6 is 0 Å². The van der Waals surface area contributed by atoms with Gasteiger partial charge in [0.1, 0.15) is 5.54 Å². The van der Waals surface area contributed by atoms with Gasteiger partial charge in [-0.2, -0.15) is 0 Å². The monoisotopic (exact) mass is 268 g/mol. The van der Waals surface area contributed by atoms with Crippen LogP contribution in [0.5, 0.6) is 0 Å². The van der Waals surface area contributed by atoms with Crippen LogP contribution in [0.3, 0.4) is 0 Å². The van der Waals surface area contributed by atoms with E-state index in [0.717, 1.165) is 19.4 Å². The molecule has 1 rings (SSSR count). The summed E-state index contributed by atoms with van der Waals surface area (Å²) in [7, 11) is 3.53. The maximum absolute atomic E-state index is 12.2. The van der Waals surface area contributed by atoms with Crippen LogP contribution < -0.4 is 10.6 Å². The number of likely N-dealkylation sites (tertiary alicyclic amines) is 1. The molecule has 1 atom stereocenters. The number of hydrogen-bond donors (Lipinski definition) is 2. The average Bonchev–Trinajstić information content (AvgIpc) is 2.74. The molecule has 0 aromatic rings. The molecule has 1 aliphatic rings. The molecule has 0 aliphatic carbocycles. The van der Waals surface area contributed by atoms with Crippen LogP contribution in [0.2, 0.25) is 0 Å². The van der Waals surface area contributed by atoms with Crippen LogP contribution in [0, 0.1) is 0 Å². The molecule has 108 valence electrons. The topological polar surface area (TPSA) is 73.8 Å². The Morgan fingerprint density at radius 1 is 1.37 bits per heavy atom. The molecular weight excluding hydrogens is 244 g/mol. The number of carbonyl (C=O) groups excluding carboxylic acids is 2. The van der Waals surface area contributed by atoms with Crippen LogP contribution in [0.1, 0.15) is 33.6 Å². The number of nitrogens with one attached hydrogen (secondary N) is 2. The van der Waals surface area contributed by atoms with E-state index in [0.29, 0.717) is 5.84 Å². The summed E-state index contributed by atoms with van der Waals surface area (Å²) in [6.45, 7) is 6.02. The Morgan fingerprint density at radius 2 is 2.00 bits per heavy atom. The summed E-state index contributed by atoms with van der Waals surface area (Å²) in [5, 5.41) is 5.47. The number of nitrogens with zero attached hydrogens (tertiary/aromatic N) is 2. The number of likely N-dealkylation sites (N-methyl/N-ethyl adjacent to an activating group) is 1.